The monoisotopic (exact) mass is 304 g/mol. The zero-order valence-corrected chi connectivity index (χ0v) is 12.2. The van der Waals surface area contributed by atoms with Crippen LogP contribution in [0.15, 0.2) is 6.20 Å². The molecule has 2 N–H and O–H groups in total. The molecule has 1 heterocycles. The van der Waals surface area contributed by atoms with E-state index in [1.165, 1.54) is 6.20 Å². The fourth-order valence-corrected chi connectivity index (χ4v) is 1.50. The van der Waals surface area contributed by atoms with Gasteiger partial charge in [0, 0.05) is 12.5 Å². The molecule has 1 amide bonds. The van der Waals surface area contributed by atoms with Gasteiger partial charge in [0.25, 0.3) is 5.91 Å². The molecule has 0 fully saturated rings. The number of alkyl halides is 3. The molecule has 1 rings (SSSR count). The molecule has 0 saturated carbocycles. The first kappa shape index (κ1) is 17.2. The lowest BCUT2D eigenvalue weighted by Crippen LogP contribution is -2.34. The molecule has 0 spiro atoms. The summed E-state index contributed by atoms with van der Waals surface area (Å²) in [5.74, 6) is -0.483. The standard InChI is InChI=1S/C13H19F3N4O/c1-4-5-17-9-6-18-11(8(2)3)20-10(9)12(21)19-7-13(14,15)16/h6,8,17H,4-5,7H2,1-3H3,(H,19,21). The van der Waals surface area contributed by atoms with Crippen LogP contribution in [-0.2, 0) is 0 Å². The van der Waals surface area contributed by atoms with E-state index in [1.54, 1.807) is 0 Å². The third-order valence-corrected chi connectivity index (χ3v) is 2.55. The highest BCUT2D eigenvalue weighted by molar-refractivity contribution is 5.97. The Kier molecular flexibility index (Phi) is 5.92. The maximum Gasteiger partial charge on any atom is 0.405 e. The van der Waals surface area contributed by atoms with Gasteiger partial charge in [-0.2, -0.15) is 13.2 Å². The highest BCUT2D eigenvalue weighted by atomic mass is 19.4. The van der Waals surface area contributed by atoms with Crippen molar-refractivity contribution in [2.24, 2.45) is 0 Å². The molecular formula is C13H19F3N4O. The number of aromatic nitrogens is 2. The van der Waals surface area contributed by atoms with E-state index in [4.69, 9.17) is 0 Å². The first-order valence-corrected chi connectivity index (χ1v) is 6.70. The van der Waals surface area contributed by atoms with Crippen LogP contribution in [0.4, 0.5) is 18.9 Å². The van der Waals surface area contributed by atoms with Crippen molar-refractivity contribution in [3.05, 3.63) is 17.7 Å². The van der Waals surface area contributed by atoms with Gasteiger partial charge in [0.1, 0.15) is 12.4 Å². The van der Waals surface area contributed by atoms with Crippen LogP contribution in [0.1, 0.15) is 49.4 Å². The van der Waals surface area contributed by atoms with Crippen molar-refractivity contribution in [1.29, 1.82) is 0 Å². The predicted octanol–water partition coefficient (Wildman–Crippen LogP) is 2.71. The Bertz CT molecular complexity index is 489. The van der Waals surface area contributed by atoms with Crippen LogP contribution in [0.2, 0.25) is 0 Å². The lowest BCUT2D eigenvalue weighted by molar-refractivity contribution is -0.123. The summed E-state index contributed by atoms with van der Waals surface area (Å²) in [6, 6.07) is 0. The summed E-state index contributed by atoms with van der Waals surface area (Å²) in [4.78, 5) is 20.1. The molecule has 5 nitrogen and oxygen atoms in total. The average molecular weight is 304 g/mol. The molecule has 0 atom stereocenters. The highest BCUT2D eigenvalue weighted by Gasteiger charge is 2.29. The van der Waals surface area contributed by atoms with Gasteiger partial charge in [-0.15, -0.1) is 0 Å². The molecular weight excluding hydrogens is 285 g/mol. The van der Waals surface area contributed by atoms with Gasteiger partial charge in [0.15, 0.2) is 5.69 Å². The van der Waals surface area contributed by atoms with Crippen LogP contribution < -0.4 is 10.6 Å². The number of nitrogens with zero attached hydrogens (tertiary/aromatic N) is 2. The Hall–Kier alpha value is -1.86. The quantitative estimate of drug-likeness (QED) is 0.848. The second-order valence-electron chi connectivity index (χ2n) is 4.87. The summed E-state index contributed by atoms with van der Waals surface area (Å²) in [6.07, 6.45) is -2.23. The van der Waals surface area contributed by atoms with Crippen molar-refractivity contribution in [1.82, 2.24) is 15.3 Å². The molecule has 1 aromatic rings. The minimum Gasteiger partial charge on any atom is -0.382 e. The fraction of sp³-hybridized carbons (Fsp3) is 0.615. The minimum absolute atomic E-state index is 0.0283. The van der Waals surface area contributed by atoms with Crippen molar-refractivity contribution in [2.75, 3.05) is 18.4 Å². The summed E-state index contributed by atoms with van der Waals surface area (Å²) in [7, 11) is 0. The molecule has 0 bridgehead atoms. The van der Waals surface area contributed by atoms with E-state index in [2.05, 4.69) is 15.3 Å². The number of hydrogen-bond donors (Lipinski definition) is 2. The molecule has 8 heteroatoms. The van der Waals surface area contributed by atoms with Gasteiger partial charge >= 0.3 is 6.18 Å². The first-order chi connectivity index (χ1) is 9.74. The van der Waals surface area contributed by atoms with Gasteiger partial charge in [-0.25, -0.2) is 9.97 Å². The van der Waals surface area contributed by atoms with E-state index in [1.807, 2.05) is 26.1 Å². The number of hydrogen-bond acceptors (Lipinski definition) is 4. The van der Waals surface area contributed by atoms with Crippen molar-refractivity contribution < 1.29 is 18.0 Å². The molecule has 1 aromatic heterocycles. The summed E-state index contributed by atoms with van der Waals surface area (Å²) in [5.41, 5.74) is 0.271. The lowest BCUT2D eigenvalue weighted by atomic mass is 10.2. The number of rotatable bonds is 6. The molecule has 0 saturated heterocycles. The van der Waals surface area contributed by atoms with Crippen LogP contribution in [0.3, 0.4) is 0 Å². The molecule has 0 radical (unpaired) electrons. The maximum atomic E-state index is 12.2. The van der Waals surface area contributed by atoms with Gasteiger partial charge in [-0.3, -0.25) is 4.79 Å². The molecule has 118 valence electrons. The van der Waals surface area contributed by atoms with Crippen LogP contribution >= 0.6 is 0 Å². The Morgan fingerprint density at radius 3 is 2.57 bits per heavy atom. The molecule has 0 aromatic carbocycles. The van der Waals surface area contributed by atoms with Crippen LogP contribution in [0.25, 0.3) is 0 Å². The first-order valence-electron chi connectivity index (χ1n) is 6.70. The Balaban J connectivity index is 2.98. The Morgan fingerprint density at radius 1 is 1.38 bits per heavy atom. The fourth-order valence-electron chi connectivity index (χ4n) is 1.50. The number of carbonyl (C=O) groups excluding carboxylic acids is 1. The van der Waals surface area contributed by atoms with Crippen molar-refractivity contribution in [3.63, 3.8) is 0 Å². The van der Waals surface area contributed by atoms with Crippen molar-refractivity contribution in [2.45, 2.75) is 39.3 Å². The van der Waals surface area contributed by atoms with E-state index in [-0.39, 0.29) is 11.6 Å². The number of carbonyl (C=O) groups is 1. The molecule has 0 aliphatic carbocycles. The number of nitrogens with one attached hydrogen (secondary N) is 2. The average Bonchev–Trinajstić information content (AvgIpc) is 2.41. The third kappa shape index (κ3) is 5.57. The largest absolute Gasteiger partial charge is 0.405 e. The summed E-state index contributed by atoms with van der Waals surface area (Å²) >= 11 is 0. The number of halogens is 3. The van der Waals surface area contributed by atoms with Gasteiger partial charge in [0.2, 0.25) is 0 Å². The van der Waals surface area contributed by atoms with E-state index in [0.29, 0.717) is 18.1 Å². The van der Waals surface area contributed by atoms with Gasteiger partial charge in [0.05, 0.1) is 11.9 Å². The summed E-state index contributed by atoms with van der Waals surface area (Å²) in [6.45, 7) is 4.79. The third-order valence-electron chi connectivity index (χ3n) is 2.55. The second-order valence-corrected chi connectivity index (χ2v) is 4.87. The van der Waals surface area contributed by atoms with E-state index < -0.39 is 18.6 Å². The van der Waals surface area contributed by atoms with E-state index in [0.717, 1.165) is 6.42 Å². The van der Waals surface area contributed by atoms with Crippen LogP contribution in [0, 0.1) is 0 Å². The van der Waals surface area contributed by atoms with Crippen LogP contribution in [-0.4, -0.2) is 35.1 Å². The zero-order valence-electron chi connectivity index (χ0n) is 12.2. The second kappa shape index (κ2) is 7.24. The normalized spacial score (nSPS) is 11.6. The van der Waals surface area contributed by atoms with E-state index >= 15 is 0 Å². The Labute approximate surface area is 121 Å². The van der Waals surface area contributed by atoms with E-state index in [9.17, 15) is 18.0 Å². The predicted molar refractivity (Wildman–Crippen MR) is 73.3 cm³/mol. The zero-order chi connectivity index (χ0) is 16.0. The van der Waals surface area contributed by atoms with Gasteiger partial charge in [-0.05, 0) is 6.42 Å². The molecule has 0 aliphatic rings. The maximum absolute atomic E-state index is 12.2. The highest BCUT2D eigenvalue weighted by Crippen LogP contribution is 2.17. The van der Waals surface area contributed by atoms with Gasteiger partial charge in [-0.1, -0.05) is 20.8 Å². The van der Waals surface area contributed by atoms with Gasteiger partial charge < -0.3 is 10.6 Å². The summed E-state index contributed by atoms with van der Waals surface area (Å²) < 4.78 is 36.5. The summed E-state index contributed by atoms with van der Waals surface area (Å²) in [5, 5.41) is 4.77. The molecule has 0 unspecified atom stereocenters. The topological polar surface area (TPSA) is 66.9 Å². The Morgan fingerprint density at radius 2 is 2.05 bits per heavy atom. The lowest BCUT2D eigenvalue weighted by Gasteiger charge is -2.14. The molecule has 0 aliphatic heterocycles. The number of anilines is 1. The smallest absolute Gasteiger partial charge is 0.382 e. The SMILES string of the molecule is CCCNc1cnc(C(C)C)nc1C(=O)NCC(F)(F)F. The minimum atomic E-state index is -4.46. The number of amides is 1. The van der Waals surface area contributed by atoms with Crippen molar-refractivity contribution in [3.8, 4) is 0 Å². The molecule has 21 heavy (non-hydrogen) atoms. The van der Waals surface area contributed by atoms with Crippen LogP contribution in [0.5, 0.6) is 0 Å². The van der Waals surface area contributed by atoms with Crippen molar-refractivity contribution >= 4 is 11.6 Å².